The van der Waals surface area contributed by atoms with E-state index in [-0.39, 0.29) is 17.6 Å². The fourth-order valence-electron chi connectivity index (χ4n) is 1.23. The van der Waals surface area contributed by atoms with Gasteiger partial charge in [0.25, 0.3) is 0 Å². The summed E-state index contributed by atoms with van der Waals surface area (Å²) in [7, 11) is 1.87. The van der Waals surface area contributed by atoms with E-state index in [1.807, 2.05) is 31.0 Å². The summed E-state index contributed by atoms with van der Waals surface area (Å²) >= 11 is 4.92. The van der Waals surface area contributed by atoms with E-state index >= 15 is 0 Å². The molecular formula is C10H15N3OS. The van der Waals surface area contributed by atoms with Gasteiger partial charge in [0.2, 0.25) is 0 Å². The monoisotopic (exact) mass is 225 g/mol. The van der Waals surface area contributed by atoms with Crippen LogP contribution in [0, 0.1) is 0 Å². The zero-order valence-electron chi connectivity index (χ0n) is 8.84. The molecule has 0 fully saturated rings. The molecule has 0 aliphatic heterocycles. The first-order valence-electron chi connectivity index (χ1n) is 4.66. The van der Waals surface area contributed by atoms with Gasteiger partial charge in [-0.15, -0.1) is 0 Å². The van der Waals surface area contributed by atoms with Gasteiger partial charge in [-0.3, -0.25) is 4.98 Å². The Morgan fingerprint density at radius 2 is 2.40 bits per heavy atom. The van der Waals surface area contributed by atoms with Gasteiger partial charge in [0.05, 0.1) is 12.3 Å². The Morgan fingerprint density at radius 1 is 1.73 bits per heavy atom. The SMILES string of the molecule is CC(CO)N(C)c1cccnc1C(N)=S. The number of thiocarbonyl (C=S) groups is 1. The zero-order valence-corrected chi connectivity index (χ0v) is 9.66. The fourth-order valence-corrected chi connectivity index (χ4v) is 1.39. The topological polar surface area (TPSA) is 62.4 Å². The van der Waals surface area contributed by atoms with E-state index in [2.05, 4.69) is 4.98 Å². The van der Waals surface area contributed by atoms with Crippen LogP contribution in [0.4, 0.5) is 5.69 Å². The van der Waals surface area contributed by atoms with Crippen LogP contribution in [0.1, 0.15) is 12.6 Å². The number of hydrogen-bond donors (Lipinski definition) is 2. The van der Waals surface area contributed by atoms with Crippen LogP contribution in [0.5, 0.6) is 0 Å². The van der Waals surface area contributed by atoms with Gasteiger partial charge >= 0.3 is 0 Å². The number of aliphatic hydroxyl groups excluding tert-OH is 1. The predicted octanol–water partition coefficient (Wildman–Crippen LogP) is 0.533. The Morgan fingerprint density at radius 3 is 2.93 bits per heavy atom. The first-order valence-corrected chi connectivity index (χ1v) is 5.07. The number of anilines is 1. The molecule has 0 bridgehead atoms. The molecule has 82 valence electrons. The molecule has 0 amide bonds. The quantitative estimate of drug-likeness (QED) is 0.732. The lowest BCUT2D eigenvalue weighted by molar-refractivity contribution is 0.270. The normalized spacial score (nSPS) is 12.2. The molecule has 0 spiro atoms. The third-order valence-electron chi connectivity index (χ3n) is 2.33. The molecule has 0 saturated heterocycles. The summed E-state index contributed by atoms with van der Waals surface area (Å²) in [6, 6.07) is 3.70. The molecule has 1 atom stereocenters. The lowest BCUT2D eigenvalue weighted by Gasteiger charge is -2.26. The molecule has 3 N–H and O–H groups in total. The summed E-state index contributed by atoms with van der Waals surface area (Å²) in [6.07, 6.45) is 1.65. The minimum atomic E-state index is 0.00213. The van der Waals surface area contributed by atoms with Crippen LogP contribution in [0.15, 0.2) is 18.3 Å². The molecule has 4 nitrogen and oxygen atoms in total. The smallest absolute Gasteiger partial charge is 0.124 e. The summed E-state index contributed by atoms with van der Waals surface area (Å²) in [6.45, 7) is 1.98. The lowest BCUT2D eigenvalue weighted by Crippen LogP contribution is -2.33. The number of nitrogens with zero attached hydrogens (tertiary/aromatic N) is 2. The van der Waals surface area contributed by atoms with Crippen LogP contribution in [0.3, 0.4) is 0 Å². The predicted molar refractivity (Wildman–Crippen MR) is 65.1 cm³/mol. The van der Waals surface area contributed by atoms with Crippen molar-refractivity contribution in [3.8, 4) is 0 Å². The van der Waals surface area contributed by atoms with Gasteiger partial charge in [0.15, 0.2) is 0 Å². The maximum absolute atomic E-state index is 9.07. The van der Waals surface area contributed by atoms with E-state index in [0.29, 0.717) is 5.69 Å². The van der Waals surface area contributed by atoms with Crippen LogP contribution < -0.4 is 10.6 Å². The van der Waals surface area contributed by atoms with E-state index in [4.69, 9.17) is 23.1 Å². The highest BCUT2D eigenvalue weighted by Gasteiger charge is 2.14. The number of aromatic nitrogens is 1. The summed E-state index contributed by atoms with van der Waals surface area (Å²) < 4.78 is 0. The minimum absolute atomic E-state index is 0.00213. The van der Waals surface area contributed by atoms with E-state index in [9.17, 15) is 0 Å². The maximum atomic E-state index is 9.07. The molecule has 15 heavy (non-hydrogen) atoms. The Bertz CT molecular complexity index is 356. The van der Waals surface area contributed by atoms with Crippen molar-refractivity contribution in [2.24, 2.45) is 5.73 Å². The third kappa shape index (κ3) is 2.64. The molecule has 0 aliphatic carbocycles. The molecule has 0 aliphatic rings. The second kappa shape index (κ2) is 5.04. The van der Waals surface area contributed by atoms with Crippen molar-refractivity contribution in [2.45, 2.75) is 13.0 Å². The van der Waals surface area contributed by atoms with Crippen LogP contribution >= 0.6 is 12.2 Å². The zero-order chi connectivity index (χ0) is 11.4. The number of likely N-dealkylation sites (N-methyl/N-ethyl adjacent to an activating group) is 1. The Balaban J connectivity index is 3.07. The molecule has 1 rings (SSSR count). The lowest BCUT2D eigenvalue weighted by atomic mass is 10.2. The van der Waals surface area contributed by atoms with Crippen molar-refractivity contribution in [2.75, 3.05) is 18.6 Å². The minimum Gasteiger partial charge on any atom is -0.394 e. The average Bonchev–Trinajstić information content (AvgIpc) is 2.27. The fraction of sp³-hybridized carbons (Fsp3) is 0.400. The second-order valence-electron chi connectivity index (χ2n) is 3.38. The number of aliphatic hydroxyl groups is 1. The van der Waals surface area contributed by atoms with Crippen LogP contribution in [-0.2, 0) is 0 Å². The first kappa shape index (κ1) is 11.9. The Hall–Kier alpha value is -1.20. The highest BCUT2D eigenvalue weighted by atomic mass is 32.1. The maximum Gasteiger partial charge on any atom is 0.124 e. The largest absolute Gasteiger partial charge is 0.394 e. The first-order chi connectivity index (χ1) is 7.07. The van der Waals surface area contributed by atoms with Gasteiger partial charge < -0.3 is 15.7 Å². The van der Waals surface area contributed by atoms with E-state index in [1.54, 1.807) is 6.20 Å². The van der Waals surface area contributed by atoms with Gasteiger partial charge in [0.1, 0.15) is 10.7 Å². The average molecular weight is 225 g/mol. The van der Waals surface area contributed by atoms with Crippen molar-refractivity contribution in [1.29, 1.82) is 0 Å². The van der Waals surface area contributed by atoms with Crippen LogP contribution in [0.25, 0.3) is 0 Å². The van der Waals surface area contributed by atoms with Crippen LogP contribution in [-0.4, -0.2) is 34.8 Å². The number of pyridine rings is 1. The standard InChI is InChI=1S/C10H15N3OS/c1-7(6-14)13(2)8-4-3-5-12-9(8)10(11)15/h3-5,7,14H,6H2,1-2H3,(H2,11,15). The van der Waals surface area contributed by atoms with Gasteiger partial charge in [-0.25, -0.2) is 0 Å². The van der Waals surface area contributed by atoms with Crippen molar-refractivity contribution in [3.05, 3.63) is 24.0 Å². The number of nitrogens with two attached hydrogens (primary N) is 1. The third-order valence-corrected chi connectivity index (χ3v) is 2.52. The second-order valence-corrected chi connectivity index (χ2v) is 3.82. The Labute approximate surface area is 94.7 Å². The molecule has 1 heterocycles. The van der Waals surface area contributed by atoms with Gasteiger partial charge in [-0.1, -0.05) is 12.2 Å². The molecule has 1 aromatic rings. The summed E-state index contributed by atoms with van der Waals surface area (Å²) in [5, 5.41) is 9.07. The summed E-state index contributed by atoms with van der Waals surface area (Å²) in [5.74, 6) is 0. The van der Waals surface area contributed by atoms with Crippen molar-refractivity contribution >= 4 is 22.9 Å². The van der Waals surface area contributed by atoms with Crippen molar-refractivity contribution in [3.63, 3.8) is 0 Å². The molecule has 1 unspecified atom stereocenters. The van der Waals surface area contributed by atoms with E-state index in [0.717, 1.165) is 5.69 Å². The van der Waals surface area contributed by atoms with Gasteiger partial charge in [0, 0.05) is 19.3 Å². The molecular weight excluding hydrogens is 210 g/mol. The molecule has 0 radical (unpaired) electrons. The Kier molecular flexibility index (Phi) is 3.99. The summed E-state index contributed by atoms with van der Waals surface area (Å²) in [4.78, 5) is 6.30. The highest BCUT2D eigenvalue weighted by Crippen LogP contribution is 2.18. The molecule has 0 aromatic carbocycles. The van der Waals surface area contributed by atoms with Crippen molar-refractivity contribution < 1.29 is 5.11 Å². The van der Waals surface area contributed by atoms with E-state index in [1.165, 1.54) is 0 Å². The number of hydrogen-bond acceptors (Lipinski definition) is 4. The molecule has 5 heteroatoms. The van der Waals surface area contributed by atoms with Crippen LogP contribution in [0.2, 0.25) is 0 Å². The highest BCUT2D eigenvalue weighted by molar-refractivity contribution is 7.80. The van der Waals surface area contributed by atoms with Gasteiger partial charge in [-0.05, 0) is 19.1 Å². The molecule has 0 saturated carbocycles. The van der Waals surface area contributed by atoms with Gasteiger partial charge in [-0.2, -0.15) is 0 Å². The van der Waals surface area contributed by atoms with Crippen molar-refractivity contribution in [1.82, 2.24) is 4.98 Å². The summed E-state index contributed by atoms with van der Waals surface area (Å²) in [5.41, 5.74) is 7.01. The number of rotatable bonds is 4. The molecule has 1 aromatic heterocycles. The van der Waals surface area contributed by atoms with E-state index < -0.39 is 0 Å².